The molecule has 0 saturated carbocycles. The molecule has 2 unspecified atom stereocenters. The molecule has 0 bridgehead atoms. The predicted octanol–water partition coefficient (Wildman–Crippen LogP) is 0.962. The predicted molar refractivity (Wildman–Crippen MR) is 70.7 cm³/mol. The van der Waals surface area contributed by atoms with Crippen LogP contribution in [0.2, 0.25) is 0 Å². The first-order valence-corrected chi connectivity index (χ1v) is 6.86. The summed E-state index contributed by atoms with van der Waals surface area (Å²) in [4.78, 5) is 14.3. The summed E-state index contributed by atoms with van der Waals surface area (Å²) >= 11 is 0. The van der Waals surface area contributed by atoms with Gasteiger partial charge in [0.05, 0.1) is 0 Å². The van der Waals surface area contributed by atoms with Gasteiger partial charge in [-0.05, 0) is 52.2 Å². The summed E-state index contributed by atoms with van der Waals surface area (Å²) in [6.45, 7) is 8.08. The molecule has 1 rings (SSSR count). The average molecular weight is 241 g/mol. The van der Waals surface area contributed by atoms with Crippen molar-refractivity contribution in [2.24, 2.45) is 11.7 Å². The normalized spacial score (nSPS) is 20.2. The number of hydrogen-bond donors (Lipinski definition) is 2. The number of nitrogens with one attached hydrogen (secondary N) is 1. The zero-order chi connectivity index (χ0) is 12.7. The van der Waals surface area contributed by atoms with Crippen LogP contribution in [-0.2, 0) is 4.79 Å². The highest BCUT2D eigenvalue weighted by Gasteiger charge is 2.18. The van der Waals surface area contributed by atoms with Crippen molar-refractivity contribution in [3.05, 3.63) is 0 Å². The van der Waals surface area contributed by atoms with Gasteiger partial charge < -0.3 is 16.0 Å². The van der Waals surface area contributed by atoms with Crippen LogP contribution in [0.1, 0.15) is 39.5 Å². The molecule has 4 nitrogen and oxygen atoms in total. The fourth-order valence-corrected chi connectivity index (χ4v) is 2.34. The van der Waals surface area contributed by atoms with E-state index in [-0.39, 0.29) is 17.9 Å². The van der Waals surface area contributed by atoms with E-state index in [0.29, 0.717) is 6.54 Å². The molecule has 2 atom stereocenters. The maximum atomic E-state index is 11.9. The van der Waals surface area contributed by atoms with Crippen LogP contribution in [0.3, 0.4) is 0 Å². The Hall–Kier alpha value is -0.610. The Bertz CT molecular complexity index is 227. The fourth-order valence-electron chi connectivity index (χ4n) is 2.34. The molecule has 0 aliphatic carbocycles. The summed E-state index contributed by atoms with van der Waals surface area (Å²) in [7, 11) is 0. The van der Waals surface area contributed by atoms with E-state index in [1.54, 1.807) is 0 Å². The van der Waals surface area contributed by atoms with Crippen LogP contribution in [-0.4, -0.2) is 43.0 Å². The standard InChI is InChI=1S/C13H27N3O/c1-11(6-5-7-14)13(17)15-12(2)10-16-8-3-4-9-16/h11-12H,3-10,14H2,1-2H3,(H,15,17). The maximum Gasteiger partial charge on any atom is 0.223 e. The van der Waals surface area contributed by atoms with Crippen LogP contribution in [0.25, 0.3) is 0 Å². The van der Waals surface area contributed by atoms with Crippen molar-refractivity contribution in [1.29, 1.82) is 0 Å². The third-order valence-electron chi connectivity index (χ3n) is 3.41. The molecule has 0 aromatic carbocycles. The Morgan fingerprint density at radius 1 is 1.35 bits per heavy atom. The van der Waals surface area contributed by atoms with Crippen molar-refractivity contribution in [2.45, 2.75) is 45.6 Å². The molecule has 0 aromatic rings. The number of carbonyl (C=O) groups is 1. The highest BCUT2D eigenvalue weighted by molar-refractivity contribution is 5.78. The highest BCUT2D eigenvalue weighted by atomic mass is 16.1. The second-order valence-electron chi connectivity index (χ2n) is 5.25. The van der Waals surface area contributed by atoms with E-state index in [0.717, 1.165) is 19.4 Å². The van der Waals surface area contributed by atoms with Gasteiger partial charge in [-0.15, -0.1) is 0 Å². The van der Waals surface area contributed by atoms with E-state index in [2.05, 4.69) is 17.1 Å². The first kappa shape index (κ1) is 14.5. The van der Waals surface area contributed by atoms with Crippen LogP contribution in [0.5, 0.6) is 0 Å². The first-order chi connectivity index (χ1) is 8.13. The fraction of sp³-hybridized carbons (Fsp3) is 0.923. The van der Waals surface area contributed by atoms with Crippen LogP contribution < -0.4 is 11.1 Å². The Morgan fingerprint density at radius 3 is 2.59 bits per heavy atom. The van der Waals surface area contributed by atoms with E-state index in [4.69, 9.17) is 5.73 Å². The van der Waals surface area contributed by atoms with Crippen molar-refractivity contribution in [3.63, 3.8) is 0 Å². The van der Waals surface area contributed by atoms with Crippen LogP contribution >= 0.6 is 0 Å². The van der Waals surface area contributed by atoms with Crippen molar-refractivity contribution in [1.82, 2.24) is 10.2 Å². The largest absolute Gasteiger partial charge is 0.352 e. The molecule has 1 aliphatic rings. The Kier molecular flexibility index (Phi) is 6.52. The van der Waals surface area contributed by atoms with Gasteiger partial charge in [0, 0.05) is 18.5 Å². The molecule has 1 heterocycles. The number of amides is 1. The molecule has 0 aromatic heterocycles. The van der Waals surface area contributed by atoms with Crippen LogP contribution in [0.4, 0.5) is 0 Å². The zero-order valence-electron chi connectivity index (χ0n) is 11.2. The average Bonchev–Trinajstić information content (AvgIpc) is 2.78. The number of likely N-dealkylation sites (tertiary alicyclic amines) is 1. The van der Waals surface area contributed by atoms with Crippen molar-refractivity contribution in [3.8, 4) is 0 Å². The van der Waals surface area contributed by atoms with E-state index in [1.165, 1.54) is 25.9 Å². The Balaban J connectivity index is 2.19. The summed E-state index contributed by atoms with van der Waals surface area (Å²) in [5, 5.41) is 3.09. The number of carbonyl (C=O) groups excluding carboxylic acids is 1. The summed E-state index contributed by atoms with van der Waals surface area (Å²) in [6, 6.07) is 0.251. The molecule has 1 aliphatic heterocycles. The quantitative estimate of drug-likeness (QED) is 0.698. The molecule has 4 heteroatoms. The van der Waals surface area contributed by atoms with Gasteiger partial charge in [-0.1, -0.05) is 6.92 Å². The van der Waals surface area contributed by atoms with Gasteiger partial charge in [0.1, 0.15) is 0 Å². The summed E-state index contributed by atoms with van der Waals surface area (Å²) in [5.41, 5.74) is 5.45. The Morgan fingerprint density at radius 2 is 2.00 bits per heavy atom. The van der Waals surface area contributed by atoms with Crippen LogP contribution in [0, 0.1) is 5.92 Å². The lowest BCUT2D eigenvalue weighted by Crippen LogP contribution is -2.43. The van der Waals surface area contributed by atoms with E-state index < -0.39 is 0 Å². The lowest BCUT2D eigenvalue weighted by Gasteiger charge is -2.22. The van der Waals surface area contributed by atoms with Gasteiger partial charge in [-0.25, -0.2) is 0 Å². The second kappa shape index (κ2) is 7.67. The SMILES string of the molecule is CC(CN1CCCC1)NC(=O)C(C)CCCN. The van der Waals surface area contributed by atoms with Gasteiger partial charge in [0.15, 0.2) is 0 Å². The van der Waals surface area contributed by atoms with Gasteiger partial charge >= 0.3 is 0 Å². The van der Waals surface area contributed by atoms with Crippen LogP contribution in [0.15, 0.2) is 0 Å². The summed E-state index contributed by atoms with van der Waals surface area (Å²) < 4.78 is 0. The third-order valence-corrected chi connectivity index (χ3v) is 3.41. The number of rotatable bonds is 7. The molecule has 17 heavy (non-hydrogen) atoms. The molecule has 0 spiro atoms. The lowest BCUT2D eigenvalue weighted by molar-refractivity contribution is -0.125. The molecule has 1 amide bonds. The molecule has 100 valence electrons. The molecule has 0 radical (unpaired) electrons. The molecular formula is C13H27N3O. The van der Waals surface area contributed by atoms with Crippen molar-refractivity contribution >= 4 is 5.91 Å². The number of nitrogens with two attached hydrogens (primary N) is 1. The Labute approximate surface area is 105 Å². The van der Waals surface area contributed by atoms with E-state index >= 15 is 0 Å². The lowest BCUT2D eigenvalue weighted by atomic mass is 10.0. The zero-order valence-corrected chi connectivity index (χ0v) is 11.2. The summed E-state index contributed by atoms with van der Waals surface area (Å²) in [5.74, 6) is 0.254. The van der Waals surface area contributed by atoms with Gasteiger partial charge in [0.25, 0.3) is 0 Å². The minimum atomic E-state index is 0.0829. The maximum absolute atomic E-state index is 11.9. The number of hydrogen-bond acceptors (Lipinski definition) is 3. The topological polar surface area (TPSA) is 58.4 Å². The molecule has 1 fully saturated rings. The number of nitrogens with zero attached hydrogens (tertiary/aromatic N) is 1. The second-order valence-corrected chi connectivity index (χ2v) is 5.25. The smallest absolute Gasteiger partial charge is 0.223 e. The summed E-state index contributed by atoms with van der Waals surface area (Å²) in [6.07, 6.45) is 4.41. The van der Waals surface area contributed by atoms with Gasteiger partial charge in [-0.3, -0.25) is 4.79 Å². The third kappa shape index (κ3) is 5.50. The minimum Gasteiger partial charge on any atom is -0.352 e. The minimum absolute atomic E-state index is 0.0829. The monoisotopic (exact) mass is 241 g/mol. The molecule has 3 N–H and O–H groups in total. The molecular weight excluding hydrogens is 214 g/mol. The van der Waals surface area contributed by atoms with E-state index in [9.17, 15) is 4.79 Å². The molecule has 1 saturated heterocycles. The van der Waals surface area contributed by atoms with Gasteiger partial charge in [-0.2, -0.15) is 0 Å². The van der Waals surface area contributed by atoms with Crippen molar-refractivity contribution in [2.75, 3.05) is 26.2 Å². The highest BCUT2D eigenvalue weighted by Crippen LogP contribution is 2.09. The van der Waals surface area contributed by atoms with Crippen molar-refractivity contribution < 1.29 is 4.79 Å². The van der Waals surface area contributed by atoms with Gasteiger partial charge in [0.2, 0.25) is 5.91 Å². The first-order valence-electron chi connectivity index (χ1n) is 6.86. The van der Waals surface area contributed by atoms with E-state index in [1.807, 2.05) is 6.92 Å².